The van der Waals surface area contributed by atoms with Gasteiger partial charge in [0.2, 0.25) is 5.75 Å². The molecular formula is C27H30ClN5O5. The molecule has 0 saturated heterocycles. The standard InChI is InChI=1S/C27H30ClN5O5/c1-4-36-22-13-19(14-23(37-5-2)24(22)38-6-3)26(34)29-10-11-33-25-21(15-31-33)27(35)32(17-30-25)16-18-8-7-9-20(28)12-18/h7-9,12-15,17H,4-6,10-11,16H2,1-3H3,(H,29,34). The minimum atomic E-state index is -0.303. The van der Waals surface area contributed by atoms with E-state index in [0.717, 1.165) is 5.56 Å². The zero-order valence-corrected chi connectivity index (χ0v) is 22.3. The molecular weight excluding hydrogens is 510 g/mol. The van der Waals surface area contributed by atoms with Gasteiger partial charge in [0, 0.05) is 17.1 Å². The molecule has 4 aromatic rings. The molecule has 2 aromatic heterocycles. The number of benzene rings is 2. The predicted octanol–water partition coefficient (Wildman–Crippen LogP) is 3.92. The summed E-state index contributed by atoms with van der Waals surface area (Å²) in [4.78, 5) is 30.4. The Kier molecular flexibility index (Phi) is 8.85. The van der Waals surface area contributed by atoms with Crippen LogP contribution in [0.4, 0.5) is 0 Å². The molecule has 38 heavy (non-hydrogen) atoms. The minimum absolute atomic E-state index is 0.202. The molecule has 0 unspecified atom stereocenters. The Hall–Kier alpha value is -4.05. The zero-order valence-electron chi connectivity index (χ0n) is 21.6. The van der Waals surface area contributed by atoms with Crippen molar-refractivity contribution in [3.63, 3.8) is 0 Å². The summed E-state index contributed by atoms with van der Waals surface area (Å²) < 4.78 is 20.2. The van der Waals surface area contributed by atoms with Crippen LogP contribution < -0.4 is 25.1 Å². The van der Waals surface area contributed by atoms with Crippen molar-refractivity contribution in [3.8, 4) is 17.2 Å². The van der Waals surface area contributed by atoms with Crippen molar-refractivity contribution in [1.82, 2.24) is 24.6 Å². The quantitative estimate of drug-likeness (QED) is 0.290. The summed E-state index contributed by atoms with van der Waals surface area (Å²) in [7, 11) is 0. The number of nitrogens with zero attached hydrogens (tertiary/aromatic N) is 4. The van der Waals surface area contributed by atoms with Crippen LogP contribution in [0.3, 0.4) is 0 Å². The lowest BCUT2D eigenvalue weighted by molar-refractivity contribution is 0.0951. The Morgan fingerprint density at radius 1 is 1.03 bits per heavy atom. The second-order valence-corrected chi connectivity index (χ2v) is 8.71. The number of hydrogen-bond acceptors (Lipinski definition) is 7. The molecule has 2 heterocycles. The maximum absolute atomic E-state index is 13.0. The Morgan fingerprint density at radius 3 is 2.39 bits per heavy atom. The molecule has 1 amide bonds. The summed E-state index contributed by atoms with van der Waals surface area (Å²) in [6.45, 7) is 7.79. The third kappa shape index (κ3) is 6.08. The van der Waals surface area contributed by atoms with Crippen LogP contribution in [-0.2, 0) is 13.1 Å². The summed E-state index contributed by atoms with van der Waals surface area (Å²) in [6, 6.07) is 10.6. The van der Waals surface area contributed by atoms with Crippen LogP contribution in [0.25, 0.3) is 11.0 Å². The van der Waals surface area contributed by atoms with Gasteiger partial charge in [-0.05, 0) is 50.6 Å². The second-order valence-electron chi connectivity index (χ2n) is 8.27. The predicted molar refractivity (Wildman–Crippen MR) is 145 cm³/mol. The first-order valence-corrected chi connectivity index (χ1v) is 12.8. The lowest BCUT2D eigenvalue weighted by Gasteiger charge is -2.17. The third-order valence-corrected chi connectivity index (χ3v) is 5.88. The molecule has 0 radical (unpaired) electrons. The van der Waals surface area contributed by atoms with E-state index in [0.29, 0.717) is 71.8 Å². The van der Waals surface area contributed by atoms with Gasteiger partial charge >= 0.3 is 0 Å². The molecule has 200 valence electrons. The molecule has 0 atom stereocenters. The Bertz CT molecular complexity index is 1460. The van der Waals surface area contributed by atoms with E-state index in [4.69, 9.17) is 25.8 Å². The first-order valence-electron chi connectivity index (χ1n) is 12.4. The molecule has 10 nitrogen and oxygen atoms in total. The summed E-state index contributed by atoms with van der Waals surface area (Å²) in [5.74, 6) is 1.06. The van der Waals surface area contributed by atoms with Crippen molar-refractivity contribution in [3.05, 3.63) is 75.4 Å². The SMILES string of the molecule is CCOc1cc(C(=O)NCCn2ncc3c(=O)n(Cc4cccc(Cl)c4)cnc32)cc(OCC)c1OCC. The molecule has 0 aliphatic carbocycles. The summed E-state index contributed by atoms with van der Waals surface area (Å²) >= 11 is 6.06. The van der Waals surface area contributed by atoms with Crippen molar-refractivity contribution in [2.75, 3.05) is 26.4 Å². The van der Waals surface area contributed by atoms with Crippen LogP contribution in [-0.4, -0.2) is 51.6 Å². The zero-order chi connectivity index (χ0) is 27.1. The lowest BCUT2D eigenvalue weighted by Crippen LogP contribution is -2.28. The lowest BCUT2D eigenvalue weighted by atomic mass is 10.1. The highest BCUT2D eigenvalue weighted by molar-refractivity contribution is 6.30. The number of carbonyl (C=O) groups excluding carboxylic acids is 1. The second kappa shape index (κ2) is 12.5. The fourth-order valence-electron chi connectivity index (χ4n) is 4.00. The first kappa shape index (κ1) is 27.0. The largest absolute Gasteiger partial charge is 0.490 e. The maximum atomic E-state index is 13.0. The van der Waals surface area contributed by atoms with Crippen LogP contribution in [0.15, 0.2) is 53.7 Å². The van der Waals surface area contributed by atoms with Crippen LogP contribution in [0.1, 0.15) is 36.7 Å². The van der Waals surface area contributed by atoms with Gasteiger partial charge in [-0.25, -0.2) is 9.67 Å². The van der Waals surface area contributed by atoms with Gasteiger partial charge in [-0.3, -0.25) is 14.2 Å². The normalized spacial score (nSPS) is 10.9. The fraction of sp³-hybridized carbons (Fsp3) is 0.333. The van der Waals surface area contributed by atoms with Gasteiger partial charge in [-0.1, -0.05) is 23.7 Å². The topological polar surface area (TPSA) is 110 Å². The van der Waals surface area contributed by atoms with Gasteiger partial charge in [0.15, 0.2) is 17.1 Å². The number of aromatic nitrogens is 4. The molecule has 0 saturated carbocycles. The van der Waals surface area contributed by atoms with Gasteiger partial charge in [-0.15, -0.1) is 0 Å². The van der Waals surface area contributed by atoms with E-state index in [1.54, 1.807) is 22.9 Å². The summed E-state index contributed by atoms with van der Waals surface area (Å²) in [5.41, 5.74) is 1.52. The van der Waals surface area contributed by atoms with Gasteiger partial charge in [-0.2, -0.15) is 5.10 Å². The van der Waals surface area contributed by atoms with Gasteiger partial charge < -0.3 is 19.5 Å². The van der Waals surface area contributed by atoms with Crippen molar-refractivity contribution < 1.29 is 19.0 Å². The molecule has 1 N–H and O–H groups in total. The summed E-state index contributed by atoms with van der Waals surface area (Å²) in [6.07, 6.45) is 2.99. The van der Waals surface area contributed by atoms with E-state index in [-0.39, 0.29) is 18.0 Å². The van der Waals surface area contributed by atoms with Crippen molar-refractivity contribution >= 4 is 28.5 Å². The number of nitrogens with one attached hydrogen (secondary N) is 1. The van der Waals surface area contributed by atoms with E-state index >= 15 is 0 Å². The maximum Gasteiger partial charge on any atom is 0.264 e. The number of carbonyl (C=O) groups is 1. The van der Waals surface area contributed by atoms with Gasteiger partial charge in [0.1, 0.15) is 11.7 Å². The van der Waals surface area contributed by atoms with E-state index < -0.39 is 0 Å². The van der Waals surface area contributed by atoms with Gasteiger partial charge in [0.25, 0.3) is 11.5 Å². The molecule has 4 rings (SSSR count). The van der Waals surface area contributed by atoms with Crippen LogP contribution in [0, 0.1) is 0 Å². The number of ether oxygens (including phenoxy) is 3. The van der Waals surface area contributed by atoms with Crippen LogP contribution >= 0.6 is 11.6 Å². The average Bonchev–Trinajstić information content (AvgIpc) is 3.31. The number of hydrogen-bond donors (Lipinski definition) is 1. The smallest absolute Gasteiger partial charge is 0.264 e. The molecule has 0 fully saturated rings. The highest BCUT2D eigenvalue weighted by Crippen LogP contribution is 2.39. The van der Waals surface area contributed by atoms with Crippen molar-refractivity contribution in [2.45, 2.75) is 33.9 Å². The Balaban J connectivity index is 1.46. The monoisotopic (exact) mass is 539 g/mol. The average molecular weight is 540 g/mol. The number of fused-ring (bicyclic) bond motifs is 1. The van der Waals surface area contributed by atoms with Crippen molar-refractivity contribution in [1.29, 1.82) is 0 Å². The molecule has 11 heteroatoms. The molecule has 0 spiro atoms. The Labute approximate surface area is 225 Å². The Morgan fingerprint density at radius 2 is 1.74 bits per heavy atom. The highest BCUT2D eigenvalue weighted by Gasteiger charge is 2.18. The molecule has 0 bridgehead atoms. The summed E-state index contributed by atoms with van der Waals surface area (Å²) in [5, 5.41) is 8.19. The minimum Gasteiger partial charge on any atom is -0.490 e. The first-order chi connectivity index (χ1) is 18.4. The number of halogens is 1. The third-order valence-electron chi connectivity index (χ3n) is 5.64. The van der Waals surface area contributed by atoms with E-state index in [9.17, 15) is 9.59 Å². The van der Waals surface area contributed by atoms with Crippen LogP contribution in [0.2, 0.25) is 5.02 Å². The van der Waals surface area contributed by atoms with E-state index in [1.165, 1.54) is 17.1 Å². The highest BCUT2D eigenvalue weighted by atomic mass is 35.5. The molecule has 0 aliphatic heterocycles. The van der Waals surface area contributed by atoms with Crippen LogP contribution in [0.5, 0.6) is 17.2 Å². The molecule has 2 aromatic carbocycles. The fourth-order valence-corrected chi connectivity index (χ4v) is 4.22. The van der Waals surface area contributed by atoms with E-state index in [2.05, 4.69) is 15.4 Å². The molecule has 0 aliphatic rings. The van der Waals surface area contributed by atoms with E-state index in [1.807, 2.05) is 39.0 Å². The van der Waals surface area contributed by atoms with Crippen molar-refractivity contribution in [2.24, 2.45) is 0 Å². The number of rotatable bonds is 12. The van der Waals surface area contributed by atoms with Gasteiger partial charge in [0.05, 0.1) is 39.1 Å². The number of amides is 1.